The lowest BCUT2D eigenvalue weighted by atomic mass is 9.92. The Kier molecular flexibility index (Phi) is 5.92. The maximum atomic E-state index is 11.4. The Hall–Kier alpha value is -1.06. The minimum atomic E-state index is -0.787. The van der Waals surface area contributed by atoms with Crippen molar-refractivity contribution in [2.75, 3.05) is 13.7 Å². The van der Waals surface area contributed by atoms with Crippen LogP contribution in [0.4, 0.5) is 0 Å². The van der Waals surface area contributed by atoms with Crippen molar-refractivity contribution in [3.8, 4) is 0 Å². The first-order valence-corrected chi connectivity index (χ1v) is 4.82. The van der Waals surface area contributed by atoms with E-state index in [9.17, 15) is 9.59 Å². The summed E-state index contributed by atoms with van der Waals surface area (Å²) in [6.07, 6.45) is 0.735. The smallest absolute Gasteiger partial charge is 0.320 e. The lowest BCUT2D eigenvalue weighted by molar-refractivity contribution is -0.162. The van der Waals surface area contributed by atoms with Gasteiger partial charge in [0.05, 0.1) is 13.7 Å². The second kappa shape index (κ2) is 6.40. The number of carbonyl (C=O) groups excluding carboxylic acids is 2. The number of ether oxygens (including phenoxy) is 2. The van der Waals surface area contributed by atoms with Gasteiger partial charge in [-0.15, -0.1) is 0 Å². The zero-order valence-corrected chi connectivity index (χ0v) is 9.20. The number of methoxy groups -OCH3 is 1. The summed E-state index contributed by atoms with van der Waals surface area (Å²) in [4.78, 5) is 22.7. The zero-order valence-electron chi connectivity index (χ0n) is 9.20. The van der Waals surface area contributed by atoms with E-state index in [0.717, 1.165) is 6.42 Å². The number of rotatable bonds is 5. The van der Waals surface area contributed by atoms with Crippen molar-refractivity contribution in [2.45, 2.75) is 27.2 Å². The van der Waals surface area contributed by atoms with Gasteiger partial charge in [0.25, 0.3) is 0 Å². The molecule has 0 saturated carbocycles. The van der Waals surface area contributed by atoms with Gasteiger partial charge in [-0.2, -0.15) is 0 Å². The fraction of sp³-hybridized carbons (Fsp3) is 0.800. The summed E-state index contributed by atoms with van der Waals surface area (Å²) in [7, 11) is 1.27. The van der Waals surface area contributed by atoms with E-state index in [1.165, 1.54) is 7.11 Å². The molecule has 0 rings (SSSR count). The summed E-state index contributed by atoms with van der Waals surface area (Å²) in [5.41, 5.74) is 0. The van der Waals surface area contributed by atoms with E-state index < -0.39 is 17.9 Å². The van der Waals surface area contributed by atoms with Crippen molar-refractivity contribution in [3.63, 3.8) is 0 Å². The maximum Gasteiger partial charge on any atom is 0.320 e. The topological polar surface area (TPSA) is 52.6 Å². The van der Waals surface area contributed by atoms with E-state index in [1.54, 1.807) is 6.92 Å². The summed E-state index contributed by atoms with van der Waals surface area (Å²) in [6, 6.07) is 0. The van der Waals surface area contributed by atoms with Crippen molar-refractivity contribution in [3.05, 3.63) is 0 Å². The van der Waals surface area contributed by atoms with Crippen LogP contribution in [0.3, 0.4) is 0 Å². The Labute approximate surface area is 84.6 Å². The van der Waals surface area contributed by atoms with Crippen LogP contribution in [-0.2, 0) is 19.1 Å². The van der Waals surface area contributed by atoms with Crippen molar-refractivity contribution in [2.24, 2.45) is 11.8 Å². The molecule has 0 bridgehead atoms. The molecule has 4 heteroatoms. The van der Waals surface area contributed by atoms with Gasteiger partial charge in [0.1, 0.15) is 0 Å². The first-order chi connectivity index (χ1) is 6.58. The molecule has 0 heterocycles. The van der Waals surface area contributed by atoms with Crippen LogP contribution in [0.2, 0.25) is 0 Å². The van der Waals surface area contributed by atoms with Gasteiger partial charge in [-0.05, 0) is 12.8 Å². The van der Waals surface area contributed by atoms with Crippen molar-refractivity contribution >= 4 is 11.9 Å². The highest BCUT2D eigenvalue weighted by molar-refractivity contribution is 5.95. The number of hydrogen-bond donors (Lipinski definition) is 0. The molecule has 0 aromatic rings. The van der Waals surface area contributed by atoms with Crippen LogP contribution >= 0.6 is 0 Å². The zero-order chi connectivity index (χ0) is 11.1. The summed E-state index contributed by atoms with van der Waals surface area (Å²) >= 11 is 0. The minimum Gasteiger partial charge on any atom is -0.468 e. The Morgan fingerprint density at radius 2 is 1.79 bits per heavy atom. The van der Waals surface area contributed by atoms with Crippen LogP contribution in [0.15, 0.2) is 0 Å². The largest absolute Gasteiger partial charge is 0.468 e. The molecule has 0 aromatic heterocycles. The van der Waals surface area contributed by atoms with Crippen molar-refractivity contribution in [1.82, 2.24) is 0 Å². The molecule has 0 aliphatic rings. The molecule has 0 aliphatic carbocycles. The molecule has 0 radical (unpaired) electrons. The molecular formula is C10H18O4. The Bertz CT molecular complexity index is 200. The summed E-state index contributed by atoms with van der Waals surface area (Å²) in [5, 5.41) is 0. The molecule has 4 nitrogen and oxygen atoms in total. The van der Waals surface area contributed by atoms with E-state index in [-0.39, 0.29) is 12.5 Å². The van der Waals surface area contributed by atoms with Crippen molar-refractivity contribution in [1.29, 1.82) is 0 Å². The average molecular weight is 202 g/mol. The van der Waals surface area contributed by atoms with Crippen LogP contribution < -0.4 is 0 Å². The highest BCUT2D eigenvalue weighted by atomic mass is 16.5. The molecule has 0 N–H and O–H groups in total. The van der Waals surface area contributed by atoms with Crippen LogP contribution in [-0.4, -0.2) is 25.7 Å². The lowest BCUT2D eigenvalue weighted by Crippen LogP contribution is -2.32. The summed E-state index contributed by atoms with van der Waals surface area (Å²) in [5.74, 6) is -1.85. The second-order valence-electron chi connectivity index (χ2n) is 3.14. The van der Waals surface area contributed by atoms with E-state index in [4.69, 9.17) is 4.74 Å². The normalized spacial score (nSPS) is 14.3. The molecule has 0 aliphatic heterocycles. The van der Waals surface area contributed by atoms with Crippen LogP contribution in [0.1, 0.15) is 27.2 Å². The molecule has 0 fully saturated rings. The van der Waals surface area contributed by atoms with E-state index in [2.05, 4.69) is 4.74 Å². The molecular weight excluding hydrogens is 184 g/mol. The molecule has 0 saturated heterocycles. The fourth-order valence-corrected chi connectivity index (χ4v) is 1.16. The second-order valence-corrected chi connectivity index (χ2v) is 3.14. The quantitative estimate of drug-likeness (QED) is 0.499. The molecule has 14 heavy (non-hydrogen) atoms. The standard InChI is InChI=1S/C10H18O4/c1-5-7(3)8(9(11)13-4)10(12)14-6-2/h7-8H,5-6H2,1-4H3. The number of hydrogen-bond acceptors (Lipinski definition) is 4. The molecule has 0 aromatic carbocycles. The summed E-state index contributed by atoms with van der Waals surface area (Å²) in [6.45, 7) is 5.74. The maximum absolute atomic E-state index is 11.4. The third kappa shape index (κ3) is 3.36. The van der Waals surface area contributed by atoms with Gasteiger partial charge in [-0.1, -0.05) is 20.3 Å². The van der Waals surface area contributed by atoms with Gasteiger partial charge in [0.15, 0.2) is 5.92 Å². The fourth-order valence-electron chi connectivity index (χ4n) is 1.16. The SMILES string of the molecule is CCOC(=O)C(C(=O)OC)C(C)CC. The van der Waals surface area contributed by atoms with Gasteiger partial charge in [-0.25, -0.2) is 0 Å². The van der Waals surface area contributed by atoms with E-state index in [0.29, 0.717) is 0 Å². The van der Waals surface area contributed by atoms with E-state index >= 15 is 0 Å². The molecule has 0 amide bonds. The monoisotopic (exact) mass is 202 g/mol. The predicted molar refractivity (Wildman–Crippen MR) is 51.6 cm³/mol. The molecule has 0 spiro atoms. The average Bonchev–Trinajstić information content (AvgIpc) is 2.17. The summed E-state index contributed by atoms with van der Waals surface area (Å²) < 4.78 is 9.37. The van der Waals surface area contributed by atoms with Gasteiger partial charge in [0, 0.05) is 0 Å². The molecule has 2 unspecified atom stereocenters. The van der Waals surface area contributed by atoms with Gasteiger partial charge < -0.3 is 9.47 Å². The van der Waals surface area contributed by atoms with Gasteiger partial charge in [-0.3, -0.25) is 9.59 Å². The molecule has 82 valence electrons. The third-order valence-corrected chi connectivity index (χ3v) is 2.21. The van der Waals surface area contributed by atoms with E-state index in [1.807, 2.05) is 13.8 Å². The highest BCUT2D eigenvalue weighted by Gasteiger charge is 2.33. The van der Waals surface area contributed by atoms with Gasteiger partial charge >= 0.3 is 11.9 Å². The van der Waals surface area contributed by atoms with Crippen molar-refractivity contribution < 1.29 is 19.1 Å². The lowest BCUT2D eigenvalue weighted by Gasteiger charge is -2.18. The van der Waals surface area contributed by atoms with Gasteiger partial charge in [0.2, 0.25) is 0 Å². The Morgan fingerprint density at radius 1 is 1.21 bits per heavy atom. The highest BCUT2D eigenvalue weighted by Crippen LogP contribution is 2.18. The van der Waals surface area contributed by atoms with Crippen LogP contribution in [0.25, 0.3) is 0 Å². The Morgan fingerprint density at radius 3 is 2.14 bits per heavy atom. The van der Waals surface area contributed by atoms with Crippen LogP contribution in [0.5, 0.6) is 0 Å². The number of carbonyl (C=O) groups is 2. The van der Waals surface area contributed by atoms with Crippen LogP contribution in [0, 0.1) is 11.8 Å². The first-order valence-electron chi connectivity index (χ1n) is 4.82. The predicted octanol–water partition coefficient (Wildman–Crippen LogP) is 1.38. The third-order valence-electron chi connectivity index (χ3n) is 2.21. The first kappa shape index (κ1) is 12.9. The number of esters is 2. The molecule has 2 atom stereocenters. The minimum absolute atomic E-state index is 0.0542. The Balaban J connectivity index is 4.54.